The first-order valence-corrected chi connectivity index (χ1v) is 12.7. The van der Waals surface area contributed by atoms with Crippen molar-refractivity contribution < 1.29 is 27.0 Å². The number of sulfonamides is 1. The van der Waals surface area contributed by atoms with E-state index in [-0.39, 0.29) is 28.9 Å². The van der Waals surface area contributed by atoms with E-state index in [4.69, 9.17) is 24.4 Å². The number of hydrogen-bond donors (Lipinski definition) is 2. The highest BCUT2D eigenvalue weighted by atomic mass is 32.2. The molecule has 0 bridgehead atoms. The lowest BCUT2D eigenvalue weighted by Crippen LogP contribution is -2.36. The summed E-state index contributed by atoms with van der Waals surface area (Å²) in [4.78, 5) is 6.24. The van der Waals surface area contributed by atoms with Gasteiger partial charge in [0.15, 0.2) is 11.5 Å². The van der Waals surface area contributed by atoms with E-state index in [1.807, 2.05) is 4.90 Å². The standard InChI is InChI=1S/C22H28N6O6S/c1-4-9-35(29,30)27-17-11-14(12-18(31-2)19(17)32-3)16-10-15(13-24-20(16)23)21-25-26-22(34-21)28-5-7-33-8-6-28/h10-13,27H,4-9H2,1-3H3,(H2,23,24). The molecule has 4 rings (SSSR count). The number of aromatic nitrogens is 3. The van der Waals surface area contributed by atoms with Crippen LogP contribution >= 0.6 is 0 Å². The maximum atomic E-state index is 12.5. The van der Waals surface area contributed by atoms with E-state index in [2.05, 4.69) is 19.9 Å². The summed E-state index contributed by atoms with van der Waals surface area (Å²) >= 11 is 0. The second-order valence-electron chi connectivity index (χ2n) is 7.83. The lowest BCUT2D eigenvalue weighted by Gasteiger charge is -2.24. The zero-order valence-electron chi connectivity index (χ0n) is 19.8. The predicted octanol–water partition coefficient (Wildman–Crippen LogP) is 2.39. The summed E-state index contributed by atoms with van der Waals surface area (Å²) in [5.74, 6) is 1.06. The van der Waals surface area contributed by atoms with E-state index in [0.717, 1.165) is 0 Å². The summed E-state index contributed by atoms with van der Waals surface area (Å²) in [5, 5.41) is 8.30. The number of nitrogen functional groups attached to an aromatic ring is 1. The van der Waals surface area contributed by atoms with Crippen molar-refractivity contribution in [2.75, 3.05) is 61.6 Å². The first-order chi connectivity index (χ1) is 16.8. The topological polar surface area (TPSA) is 155 Å². The van der Waals surface area contributed by atoms with Crippen LogP contribution in [0.3, 0.4) is 0 Å². The third-order valence-corrected chi connectivity index (χ3v) is 6.87. The van der Waals surface area contributed by atoms with Crippen molar-refractivity contribution in [3.63, 3.8) is 0 Å². The molecule has 0 unspecified atom stereocenters. The highest BCUT2D eigenvalue weighted by Gasteiger charge is 2.21. The Morgan fingerprint density at radius 2 is 1.89 bits per heavy atom. The molecule has 35 heavy (non-hydrogen) atoms. The number of rotatable bonds is 9. The molecule has 1 aromatic carbocycles. The molecule has 3 N–H and O–H groups in total. The average Bonchev–Trinajstić information content (AvgIpc) is 3.34. The zero-order valence-corrected chi connectivity index (χ0v) is 20.6. The fourth-order valence-corrected chi connectivity index (χ4v) is 4.85. The van der Waals surface area contributed by atoms with Crippen molar-refractivity contribution in [1.29, 1.82) is 0 Å². The third kappa shape index (κ3) is 5.41. The Morgan fingerprint density at radius 3 is 2.57 bits per heavy atom. The molecule has 0 spiro atoms. The van der Waals surface area contributed by atoms with Crippen molar-refractivity contribution in [2.45, 2.75) is 13.3 Å². The van der Waals surface area contributed by atoms with Gasteiger partial charge >= 0.3 is 6.01 Å². The van der Waals surface area contributed by atoms with Gasteiger partial charge in [-0.2, -0.15) is 0 Å². The van der Waals surface area contributed by atoms with E-state index in [1.165, 1.54) is 14.2 Å². The van der Waals surface area contributed by atoms with Gasteiger partial charge in [0.1, 0.15) is 5.82 Å². The van der Waals surface area contributed by atoms with Crippen LogP contribution in [0.25, 0.3) is 22.6 Å². The Bertz CT molecular complexity index is 1290. The van der Waals surface area contributed by atoms with E-state index >= 15 is 0 Å². The van der Waals surface area contributed by atoms with Gasteiger partial charge < -0.3 is 29.3 Å². The fourth-order valence-electron chi connectivity index (χ4n) is 3.72. The van der Waals surface area contributed by atoms with Crippen LogP contribution in [-0.2, 0) is 14.8 Å². The Labute approximate surface area is 203 Å². The minimum absolute atomic E-state index is 0.0372. The molecule has 13 heteroatoms. The van der Waals surface area contributed by atoms with Gasteiger partial charge in [-0.15, -0.1) is 5.10 Å². The Morgan fingerprint density at radius 1 is 1.11 bits per heavy atom. The minimum Gasteiger partial charge on any atom is -0.493 e. The zero-order chi connectivity index (χ0) is 25.0. The molecule has 1 aliphatic rings. The number of hydrogen-bond acceptors (Lipinski definition) is 11. The summed E-state index contributed by atoms with van der Waals surface area (Å²) in [6.45, 7) is 4.29. The normalized spacial score (nSPS) is 14.1. The van der Waals surface area contributed by atoms with Crippen molar-refractivity contribution in [2.24, 2.45) is 0 Å². The van der Waals surface area contributed by atoms with Crippen LogP contribution in [0.2, 0.25) is 0 Å². The molecule has 188 valence electrons. The van der Waals surface area contributed by atoms with Crippen LogP contribution in [0.4, 0.5) is 17.5 Å². The summed E-state index contributed by atoms with van der Waals surface area (Å²) in [6.07, 6.45) is 2.01. The number of morpholine rings is 1. The summed E-state index contributed by atoms with van der Waals surface area (Å²) in [5.41, 5.74) is 8.09. The number of nitrogens with zero attached hydrogens (tertiary/aromatic N) is 4. The second kappa shape index (κ2) is 10.4. The first kappa shape index (κ1) is 24.5. The number of ether oxygens (including phenoxy) is 3. The Balaban J connectivity index is 1.74. The highest BCUT2D eigenvalue weighted by Crippen LogP contribution is 2.42. The van der Waals surface area contributed by atoms with E-state index in [9.17, 15) is 8.42 Å². The van der Waals surface area contributed by atoms with Crippen LogP contribution < -0.4 is 24.8 Å². The van der Waals surface area contributed by atoms with Gasteiger partial charge in [-0.1, -0.05) is 12.0 Å². The number of anilines is 3. The van der Waals surface area contributed by atoms with E-state index in [0.29, 0.717) is 61.2 Å². The number of nitrogens with one attached hydrogen (secondary N) is 1. The molecule has 1 aliphatic heterocycles. The average molecular weight is 505 g/mol. The molecule has 1 saturated heterocycles. The molecule has 0 atom stereocenters. The lowest BCUT2D eigenvalue weighted by atomic mass is 10.0. The maximum absolute atomic E-state index is 12.5. The van der Waals surface area contributed by atoms with Crippen molar-refractivity contribution in [1.82, 2.24) is 15.2 Å². The van der Waals surface area contributed by atoms with Gasteiger partial charge in [-0.3, -0.25) is 4.72 Å². The number of pyridine rings is 1. The quantitative estimate of drug-likeness (QED) is 0.441. The van der Waals surface area contributed by atoms with Crippen LogP contribution in [0.15, 0.2) is 28.8 Å². The number of benzene rings is 1. The molecule has 0 aliphatic carbocycles. The highest BCUT2D eigenvalue weighted by molar-refractivity contribution is 7.92. The molecule has 3 heterocycles. The lowest BCUT2D eigenvalue weighted by molar-refractivity contribution is 0.120. The van der Waals surface area contributed by atoms with Crippen molar-refractivity contribution in [3.8, 4) is 34.1 Å². The van der Waals surface area contributed by atoms with Crippen LogP contribution in [0.5, 0.6) is 11.5 Å². The van der Waals surface area contributed by atoms with Gasteiger partial charge in [0.2, 0.25) is 10.0 Å². The van der Waals surface area contributed by atoms with Crippen LogP contribution in [-0.4, -0.2) is 69.9 Å². The number of methoxy groups -OCH3 is 2. The maximum Gasteiger partial charge on any atom is 0.318 e. The SMILES string of the molecule is CCCS(=O)(=O)Nc1cc(-c2cc(-c3nnc(N4CCOCC4)o3)cnc2N)cc(OC)c1OC. The van der Waals surface area contributed by atoms with E-state index in [1.54, 1.807) is 31.3 Å². The van der Waals surface area contributed by atoms with Crippen LogP contribution in [0.1, 0.15) is 13.3 Å². The predicted molar refractivity (Wildman–Crippen MR) is 131 cm³/mol. The minimum atomic E-state index is -3.59. The van der Waals surface area contributed by atoms with Crippen molar-refractivity contribution in [3.05, 3.63) is 24.4 Å². The van der Waals surface area contributed by atoms with Crippen molar-refractivity contribution >= 4 is 27.5 Å². The fraction of sp³-hybridized carbons (Fsp3) is 0.409. The van der Waals surface area contributed by atoms with Gasteiger partial charge in [0.05, 0.1) is 44.4 Å². The molecule has 2 aromatic heterocycles. The molecular formula is C22H28N6O6S. The summed E-state index contributed by atoms with van der Waals surface area (Å²) in [7, 11) is -0.684. The van der Waals surface area contributed by atoms with Crippen LogP contribution in [0, 0.1) is 0 Å². The van der Waals surface area contributed by atoms with Gasteiger partial charge in [0, 0.05) is 24.8 Å². The summed E-state index contributed by atoms with van der Waals surface area (Å²) in [6, 6.07) is 5.48. The molecule has 0 amide bonds. The Hall–Kier alpha value is -3.58. The number of nitrogens with two attached hydrogens (primary N) is 1. The molecule has 1 fully saturated rings. The molecule has 12 nitrogen and oxygen atoms in total. The largest absolute Gasteiger partial charge is 0.493 e. The Kier molecular flexibility index (Phi) is 7.26. The van der Waals surface area contributed by atoms with E-state index < -0.39 is 10.0 Å². The molecule has 0 saturated carbocycles. The molecule has 0 radical (unpaired) electrons. The second-order valence-corrected chi connectivity index (χ2v) is 9.67. The van der Waals surface area contributed by atoms with Gasteiger partial charge in [0.25, 0.3) is 5.89 Å². The molecule has 3 aromatic rings. The van der Waals surface area contributed by atoms with Gasteiger partial charge in [-0.05, 0) is 30.2 Å². The third-order valence-electron chi connectivity index (χ3n) is 5.39. The first-order valence-electron chi connectivity index (χ1n) is 11.0. The monoisotopic (exact) mass is 504 g/mol. The molecular weight excluding hydrogens is 476 g/mol. The smallest absolute Gasteiger partial charge is 0.318 e. The van der Waals surface area contributed by atoms with Gasteiger partial charge in [-0.25, -0.2) is 13.4 Å². The summed E-state index contributed by atoms with van der Waals surface area (Å²) < 4.78 is 49.6.